The fraction of sp³-hybridized carbons (Fsp3) is 0.632. The predicted molar refractivity (Wildman–Crippen MR) is 100.0 cm³/mol. The number of likely N-dealkylation sites (tertiary alicyclic amines) is 1. The highest BCUT2D eigenvalue weighted by molar-refractivity contribution is 5.85. The summed E-state index contributed by atoms with van der Waals surface area (Å²) in [5.74, 6) is 0.844. The maximum Gasteiger partial charge on any atom is 0.224 e. The van der Waals surface area contributed by atoms with E-state index in [4.69, 9.17) is 15.2 Å². The number of halogens is 1. The van der Waals surface area contributed by atoms with Gasteiger partial charge in [-0.2, -0.15) is 0 Å². The van der Waals surface area contributed by atoms with Crippen LogP contribution in [0.25, 0.3) is 0 Å². The molecule has 1 aromatic carbocycles. The van der Waals surface area contributed by atoms with Crippen LogP contribution in [0.15, 0.2) is 30.3 Å². The van der Waals surface area contributed by atoms with Crippen molar-refractivity contribution in [1.82, 2.24) is 4.90 Å². The van der Waals surface area contributed by atoms with E-state index in [0.29, 0.717) is 38.0 Å². The monoisotopic (exact) mass is 368 g/mol. The van der Waals surface area contributed by atoms with Crippen molar-refractivity contribution in [2.45, 2.75) is 31.3 Å². The number of hydrogen-bond acceptors (Lipinski definition) is 4. The van der Waals surface area contributed by atoms with Crippen LogP contribution < -0.4 is 5.73 Å². The number of hydrogen-bond donors (Lipinski definition) is 1. The van der Waals surface area contributed by atoms with Crippen LogP contribution in [0.3, 0.4) is 0 Å². The number of amides is 1. The van der Waals surface area contributed by atoms with Crippen molar-refractivity contribution in [3.8, 4) is 0 Å². The van der Waals surface area contributed by atoms with Gasteiger partial charge in [0, 0.05) is 25.6 Å². The van der Waals surface area contributed by atoms with Crippen LogP contribution in [0, 0.1) is 5.92 Å². The van der Waals surface area contributed by atoms with Crippen LogP contribution in [0.5, 0.6) is 0 Å². The van der Waals surface area contributed by atoms with Gasteiger partial charge < -0.3 is 20.1 Å². The van der Waals surface area contributed by atoms with E-state index in [1.807, 2.05) is 23.1 Å². The summed E-state index contributed by atoms with van der Waals surface area (Å²) in [5, 5.41) is 0. The van der Waals surface area contributed by atoms with Gasteiger partial charge in [-0.1, -0.05) is 30.3 Å². The molecule has 140 valence electrons. The third-order valence-corrected chi connectivity index (χ3v) is 5.11. The topological polar surface area (TPSA) is 64.8 Å². The Balaban J connectivity index is 0.00000225. The smallest absolute Gasteiger partial charge is 0.224 e. The van der Waals surface area contributed by atoms with Gasteiger partial charge in [0.1, 0.15) is 0 Å². The molecule has 2 heterocycles. The summed E-state index contributed by atoms with van der Waals surface area (Å²) >= 11 is 0. The van der Waals surface area contributed by atoms with Crippen LogP contribution in [0.2, 0.25) is 0 Å². The molecule has 25 heavy (non-hydrogen) atoms. The zero-order chi connectivity index (χ0) is 16.8. The lowest BCUT2D eigenvalue weighted by Gasteiger charge is -2.17. The lowest BCUT2D eigenvalue weighted by Crippen LogP contribution is -2.30. The highest BCUT2D eigenvalue weighted by Crippen LogP contribution is 2.32. The van der Waals surface area contributed by atoms with E-state index in [0.717, 1.165) is 32.5 Å². The van der Waals surface area contributed by atoms with Gasteiger partial charge in [0.15, 0.2) is 0 Å². The summed E-state index contributed by atoms with van der Waals surface area (Å²) in [7, 11) is 0. The third-order valence-electron chi connectivity index (χ3n) is 5.11. The first kappa shape index (κ1) is 20.2. The van der Waals surface area contributed by atoms with Crippen molar-refractivity contribution in [2.24, 2.45) is 11.7 Å². The molecule has 1 unspecified atom stereocenters. The first-order valence-electron chi connectivity index (χ1n) is 9.00. The van der Waals surface area contributed by atoms with E-state index in [2.05, 4.69) is 12.1 Å². The maximum absolute atomic E-state index is 12.5. The summed E-state index contributed by atoms with van der Waals surface area (Å²) in [4.78, 5) is 14.4. The molecule has 3 rings (SSSR count). The van der Waals surface area contributed by atoms with Crippen LogP contribution in [0.4, 0.5) is 0 Å². The molecular weight excluding hydrogens is 340 g/mol. The second kappa shape index (κ2) is 10.1. The molecule has 5 nitrogen and oxygen atoms in total. The fourth-order valence-corrected chi connectivity index (χ4v) is 3.70. The molecule has 2 saturated heterocycles. The number of ether oxygens (including phenoxy) is 2. The van der Waals surface area contributed by atoms with Crippen LogP contribution in [0.1, 0.15) is 30.7 Å². The second-order valence-corrected chi connectivity index (χ2v) is 6.77. The summed E-state index contributed by atoms with van der Waals surface area (Å²) in [6, 6.07) is 10.4. The van der Waals surface area contributed by atoms with Crippen LogP contribution >= 0.6 is 12.4 Å². The number of carbonyl (C=O) groups is 1. The molecule has 2 fully saturated rings. The molecule has 1 amide bonds. The number of nitrogens with two attached hydrogens (primary N) is 1. The van der Waals surface area contributed by atoms with Crippen LogP contribution in [-0.4, -0.2) is 56.4 Å². The molecule has 6 heteroatoms. The number of carbonyl (C=O) groups excluding carboxylic acids is 1. The number of rotatable bonds is 7. The van der Waals surface area contributed by atoms with Crippen molar-refractivity contribution in [2.75, 3.05) is 39.5 Å². The molecule has 3 atom stereocenters. The molecule has 2 N–H and O–H groups in total. The van der Waals surface area contributed by atoms with Crippen molar-refractivity contribution in [1.29, 1.82) is 0 Å². The van der Waals surface area contributed by atoms with Crippen LogP contribution in [-0.2, 0) is 14.3 Å². The van der Waals surface area contributed by atoms with Gasteiger partial charge in [0.2, 0.25) is 5.91 Å². The van der Waals surface area contributed by atoms with E-state index >= 15 is 0 Å². The Hall–Kier alpha value is -1.14. The Morgan fingerprint density at radius 2 is 2.08 bits per heavy atom. The van der Waals surface area contributed by atoms with Gasteiger partial charge >= 0.3 is 0 Å². The number of benzene rings is 1. The molecule has 0 saturated carbocycles. The standard InChI is InChI=1S/C19H28N2O3.ClH/c20-11-16-12-21(13-18(16)15-5-2-1-3-6-15)19(22)8-10-23-14-17-7-4-9-24-17;/h1-3,5-6,16-18H,4,7-14,20H2;1H/t16-,17?,18+;/m1./s1. The fourth-order valence-electron chi connectivity index (χ4n) is 3.70. The Morgan fingerprint density at radius 1 is 1.28 bits per heavy atom. The molecule has 2 aliphatic heterocycles. The molecule has 0 aliphatic carbocycles. The highest BCUT2D eigenvalue weighted by Gasteiger charge is 2.34. The first-order valence-corrected chi connectivity index (χ1v) is 9.00. The molecule has 0 spiro atoms. The quantitative estimate of drug-likeness (QED) is 0.749. The van der Waals surface area contributed by atoms with E-state index in [-0.39, 0.29) is 24.4 Å². The SMILES string of the molecule is Cl.NC[C@@H]1CN(C(=O)CCOCC2CCCO2)C[C@H]1c1ccccc1. The van der Waals surface area contributed by atoms with E-state index in [1.54, 1.807) is 0 Å². The van der Waals surface area contributed by atoms with E-state index in [9.17, 15) is 4.79 Å². The Kier molecular flexibility index (Phi) is 8.16. The van der Waals surface area contributed by atoms with Gasteiger partial charge in [-0.05, 0) is 30.9 Å². The average Bonchev–Trinajstić information content (AvgIpc) is 3.28. The van der Waals surface area contributed by atoms with Gasteiger partial charge in [-0.3, -0.25) is 4.79 Å². The number of nitrogens with zero attached hydrogens (tertiary/aromatic N) is 1. The molecule has 1 aromatic rings. The Labute approximate surface area is 156 Å². The van der Waals surface area contributed by atoms with Gasteiger partial charge in [-0.25, -0.2) is 0 Å². The Morgan fingerprint density at radius 3 is 2.76 bits per heavy atom. The van der Waals surface area contributed by atoms with Crippen molar-refractivity contribution >= 4 is 18.3 Å². The molecule has 0 bridgehead atoms. The molecular formula is C19H29ClN2O3. The third kappa shape index (κ3) is 5.42. The van der Waals surface area contributed by atoms with E-state index < -0.39 is 0 Å². The van der Waals surface area contributed by atoms with Crippen molar-refractivity contribution in [3.63, 3.8) is 0 Å². The zero-order valence-corrected chi connectivity index (χ0v) is 15.5. The first-order chi connectivity index (χ1) is 11.8. The lowest BCUT2D eigenvalue weighted by atomic mass is 9.89. The highest BCUT2D eigenvalue weighted by atomic mass is 35.5. The maximum atomic E-state index is 12.5. The van der Waals surface area contributed by atoms with E-state index in [1.165, 1.54) is 5.56 Å². The minimum absolute atomic E-state index is 0. The largest absolute Gasteiger partial charge is 0.378 e. The van der Waals surface area contributed by atoms with Crippen molar-refractivity contribution < 1.29 is 14.3 Å². The molecule has 2 aliphatic rings. The Bertz CT molecular complexity index is 523. The average molecular weight is 369 g/mol. The molecule has 0 radical (unpaired) electrons. The summed E-state index contributed by atoms with van der Waals surface area (Å²) < 4.78 is 11.1. The minimum atomic E-state index is 0. The van der Waals surface area contributed by atoms with Crippen molar-refractivity contribution in [3.05, 3.63) is 35.9 Å². The summed E-state index contributed by atoms with van der Waals surface area (Å²) in [6.07, 6.45) is 2.83. The molecule has 0 aromatic heterocycles. The zero-order valence-electron chi connectivity index (χ0n) is 14.6. The normalized spacial score (nSPS) is 25.8. The van der Waals surface area contributed by atoms with Gasteiger partial charge in [-0.15, -0.1) is 12.4 Å². The van der Waals surface area contributed by atoms with Gasteiger partial charge in [0.25, 0.3) is 0 Å². The predicted octanol–water partition coefficient (Wildman–Crippen LogP) is 2.19. The summed E-state index contributed by atoms with van der Waals surface area (Å²) in [5.41, 5.74) is 7.21. The summed E-state index contributed by atoms with van der Waals surface area (Å²) in [6.45, 7) is 4.03. The minimum Gasteiger partial charge on any atom is -0.378 e. The van der Waals surface area contributed by atoms with Gasteiger partial charge in [0.05, 0.1) is 25.7 Å². The lowest BCUT2D eigenvalue weighted by molar-refractivity contribution is -0.131. The second-order valence-electron chi connectivity index (χ2n) is 6.77.